The van der Waals surface area contributed by atoms with Gasteiger partial charge in [-0.25, -0.2) is 9.78 Å². The Labute approximate surface area is 247 Å². The van der Waals surface area contributed by atoms with Crippen LogP contribution in [0, 0.1) is 6.92 Å². The molecular weight excluding hydrogens is 544 g/mol. The minimum absolute atomic E-state index is 0.103. The number of nitrogens with zero attached hydrogens (tertiary/aromatic N) is 5. The molecule has 0 bridgehead atoms. The lowest BCUT2D eigenvalue weighted by molar-refractivity contribution is 0.388. The number of H-pyrrole nitrogens is 1. The van der Waals surface area contributed by atoms with Gasteiger partial charge in [-0.15, -0.1) is 0 Å². The van der Waals surface area contributed by atoms with Gasteiger partial charge in [0.05, 0.1) is 12.2 Å². The second-order valence-electron chi connectivity index (χ2n) is 10.3. The molecule has 0 aliphatic rings. The van der Waals surface area contributed by atoms with Crippen molar-refractivity contribution in [1.82, 2.24) is 29.8 Å². The highest BCUT2D eigenvalue weighted by atomic mass is 16.5. The molecule has 0 unspecified atom stereocenters. The number of aryl methyl sites for hydroxylation is 2. The van der Waals surface area contributed by atoms with E-state index >= 15 is 0 Å². The maximum Gasteiger partial charge on any atom is 0.439 e. The molecule has 3 aromatic heterocycles. The topological polar surface area (TPSA) is 133 Å². The highest BCUT2D eigenvalue weighted by molar-refractivity contribution is 5.80. The zero-order valence-electron chi connectivity index (χ0n) is 23.9. The molecule has 0 saturated heterocycles. The van der Waals surface area contributed by atoms with Gasteiger partial charge in [-0.3, -0.25) is 18.9 Å². The summed E-state index contributed by atoms with van der Waals surface area (Å²) in [7, 11) is 0. The van der Waals surface area contributed by atoms with Gasteiger partial charge < -0.3 is 4.52 Å². The highest BCUT2D eigenvalue weighted by Crippen LogP contribution is 2.30. The van der Waals surface area contributed by atoms with Gasteiger partial charge in [0.15, 0.2) is 11.6 Å². The predicted octanol–water partition coefficient (Wildman–Crippen LogP) is 5.59. The molecule has 3 heterocycles. The zero-order valence-corrected chi connectivity index (χ0v) is 23.9. The van der Waals surface area contributed by atoms with E-state index in [-0.39, 0.29) is 12.1 Å². The minimum atomic E-state index is -0.604. The molecule has 43 heavy (non-hydrogen) atoms. The molecular formula is C33H30N6O4. The first-order valence-electron chi connectivity index (χ1n) is 14.2. The van der Waals surface area contributed by atoms with Crippen LogP contribution in [0.3, 0.4) is 0 Å². The van der Waals surface area contributed by atoms with Crippen molar-refractivity contribution in [3.63, 3.8) is 0 Å². The molecule has 0 atom stereocenters. The van der Waals surface area contributed by atoms with Crippen LogP contribution in [0.2, 0.25) is 0 Å². The Hall–Kier alpha value is -5.38. The van der Waals surface area contributed by atoms with Gasteiger partial charge in [0.2, 0.25) is 0 Å². The van der Waals surface area contributed by atoms with E-state index < -0.39 is 5.76 Å². The largest absolute Gasteiger partial charge is 0.439 e. The number of unbranched alkanes of at least 4 members (excludes halogenated alkanes) is 1. The molecule has 216 valence electrons. The monoisotopic (exact) mass is 574 g/mol. The van der Waals surface area contributed by atoms with E-state index in [0.717, 1.165) is 52.8 Å². The van der Waals surface area contributed by atoms with Gasteiger partial charge in [-0.05, 0) is 48.6 Å². The number of aromatic amines is 1. The molecule has 0 aliphatic heterocycles. The molecule has 0 fully saturated rings. The zero-order chi connectivity index (χ0) is 29.8. The lowest BCUT2D eigenvalue weighted by Crippen LogP contribution is -2.30. The Morgan fingerprint density at radius 1 is 0.814 bits per heavy atom. The Morgan fingerprint density at radius 2 is 1.56 bits per heavy atom. The fourth-order valence-electron chi connectivity index (χ4n) is 5.12. The van der Waals surface area contributed by atoms with E-state index in [1.54, 1.807) is 4.57 Å². The molecule has 0 amide bonds. The SMILES string of the molecule is CCCCc1nc(C)n(Cc2noc(-c3ccccc3)n2)c(=O)c1Cc1ccc(-c2ccccc2-c2noc(=O)[nH]2)cc1. The van der Waals surface area contributed by atoms with Crippen LogP contribution in [-0.2, 0) is 19.4 Å². The van der Waals surface area contributed by atoms with E-state index in [9.17, 15) is 9.59 Å². The van der Waals surface area contributed by atoms with Crippen LogP contribution >= 0.6 is 0 Å². The smallest absolute Gasteiger partial charge is 0.334 e. The van der Waals surface area contributed by atoms with E-state index in [1.807, 2.05) is 85.8 Å². The number of benzene rings is 3. The third kappa shape index (κ3) is 5.99. The van der Waals surface area contributed by atoms with Crippen molar-refractivity contribution in [2.75, 3.05) is 0 Å². The summed E-state index contributed by atoms with van der Waals surface area (Å²) in [6, 6.07) is 25.2. The summed E-state index contributed by atoms with van der Waals surface area (Å²) < 4.78 is 11.8. The fourth-order valence-corrected chi connectivity index (χ4v) is 5.12. The van der Waals surface area contributed by atoms with E-state index in [2.05, 4.69) is 27.2 Å². The van der Waals surface area contributed by atoms with E-state index in [4.69, 9.17) is 14.0 Å². The average Bonchev–Trinajstić information content (AvgIpc) is 3.70. The van der Waals surface area contributed by atoms with Gasteiger partial charge in [0, 0.05) is 23.1 Å². The van der Waals surface area contributed by atoms with Crippen LogP contribution in [0.5, 0.6) is 0 Å². The van der Waals surface area contributed by atoms with Crippen LogP contribution in [0.1, 0.15) is 48.2 Å². The first-order valence-corrected chi connectivity index (χ1v) is 14.2. The van der Waals surface area contributed by atoms with Crippen molar-refractivity contribution in [3.8, 4) is 34.0 Å². The van der Waals surface area contributed by atoms with Gasteiger partial charge in [-0.2, -0.15) is 4.98 Å². The first-order chi connectivity index (χ1) is 21.0. The normalized spacial score (nSPS) is 11.2. The van der Waals surface area contributed by atoms with Crippen LogP contribution in [0.4, 0.5) is 0 Å². The molecule has 0 aliphatic carbocycles. The summed E-state index contributed by atoms with van der Waals surface area (Å²) in [4.78, 5) is 37.5. The molecule has 3 aromatic carbocycles. The standard InChI is InChI=1S/C33H30N6O4/c1-3-4-14-28-27(32(40)39(21(2)34-28)20-29-35-31(42-37-29)24-10-6-5-7-11-24)19-22-15-17-23(18-16-22)25-12-8-9-13-26(25)30-36-33(41)43-38-30/h5-13,15-18H,3-4,14,19-20H2,1-2H3,(H,36,38,41). The summed E-state index contributed by atoms with van der Waals surface area (Å²) in [5, 5.41) is 7.97. The summed E-state index contributed by atoms with van der Waals surface area (Å²) in [5.41, 5.74) is 5.78. The average molecular weight is 575 g/mol. The molecule has 1 N–H and O–H groups in total. The first kappa shape index (κ1) is 27.8. The second kappa shape index (κ2) is 12.2. The molecule has 0 radical (unpaired) electrons. The third-order valence-corrected chi connectivity index (χ3v) is 7.36. The number of hydrogen-bond donors (Lipinski definition) is 1. The van der Waals surface area contributed by atoms with Gasteiger partial charge in [-0.1, -0.05) is 90.4 Å². The number of aromatic nitrogens is 6. The van der Waals surface area contributed by atoms with Gasteiger partial charge in [0.1, 0.15) is 5.82 Å². The summed E-state index contributed by atoms with van der Waals surface area (Å²) in [6.07, 6.45) is 3.10. The third-order valence-electron chi connectivity index (χ3n) is 7.36. The highest BCUT2D eigenvalue weighted by Gasteiger charge is 2.18. The predicted molar refractivity (Wildman–Crippen MR) is 161 cm³/mol. The molecule has 0 spiro atoms. The van der Waals surface area contributed by atoms with E-state index in [1.165, 1.54) is 0 Å². The summed E-state index contributed by atoms with van der Waals surface area (Å²) >= 11 is 0. The maximum atomic E-state index is 13.9. The van der Waals surface area contributed by atoms with Crippen molar-refractivity contribution >= 4 is 0 Å². The van der Waals surface area contributed by atoms with Crippen molar-refractivity contribution in [2.45, 2.75) is 46.1 Å². The van der Waals surface area contributed by atoms with Crippen LogP contribution in [0.25, 0.3) is 34.0 Å². The van der Waals surface area contributed by atoms with Gasteiger partial charge >= 0.3 is 5.76 Å². The summed E-state index contributed by atoms with van der Waals surface area (Å²) in [6.45, 7) is 4.13. The van der Waals surface area contributed by atoms with Crippen molar-refractivity contribution in [3.05, 3.63) is 128 Å². The van der Waals surface area contributed by atoms with Crippen molar-refractivity contribution in [1.29, 1.82) is 0 Å². The Balaban J connectivity index is 1.30. The lowest BCUT2D eigenvalue weighted by atomic mass is 9.96. The molecule has 10 heteroatoms. The van der Waals surface area contributed by atoms with Crippen LogP contribution in [0.15, 0.2) is 97.5 Å². The number of nitrogens with one attached hydrogen (secondary N) is 1. The van der Waals surface area contributed by atoms with E-state index in [0.29, 0.717) is 35.3 Å². The minimum Gasteiger partial charge on any atom is -0.334 e. The molecule has 10 nitrogen and oxygen atoms in total. The van der Waals surface area contributed by atoms with Crippen molar-refractivity contribution in [2.24, 2.45) is 0 Å². The maximum absolute atomic E-state index is 13.9. The number of hydrogen-bond acceptors (Lipinski definition) is 8. The van der Waals surface area contributed by atoms with Crippen LogP contribution in [-0.4, -0.2) is 29.8 Å². The fraction of sp³-hybridized carbons (Fsp3) is 0.212. The summed E-state index contributed by atoms with van der Waals surface area (Å²) in [5.74, 6) is 1.20. The quantitative estimate of drug-likeness (QED) is 0.224. The Kier molecular flexibility index (Phi) is 7.90. The number of rotatable bonds is 10. The molecule has 6 rings (SSSR count). The second-order valence-corrected chi connectivity index (χ2v) is 10.3. The Bertz CT molecular complexity index is 1970. The Morgan fingerprint density at radius 3 is 2.28 bits per heavy atom. The van der Waals surface area contributed by atoms with Gasteiger partial charge in [0.25, 0.3) is 11.4 Å². The van der Waals surface area contributed by atoms with Crippen molar-refractivity contribution < 1.29 is 9.05 Å². The molecule has 0 saturated carbocycles. The lowest BCUT2D eigenvalue weighted by Gasteiger charge is -2.15. The molecule has 6 aromatic rings. The van der Waals surface area contributed by atoms with Crippen LogP contribution < -0.4 is 11.3 Å².